The smallest absolute Gasteiger partial charge is 0.0195 e. The highest BCUT2D eigenvalue weighted by atomic mass is 32.2. The molecule has 1 unspecified atom stereocenters. The van der Waals surface area contributed by atoms with Crippen LogP contribution < -0.4 is 5.32 Å². The van der Waals surface area contributed by atoms with Gasteiger partial charge in [0, 0.05) is 24.0 Å². The summed E-state index contributed by atoms with van der Waals surface area (Å²) in [5.74, 6) is 0. The number of nitrogens with one attached hydrogen (secondary N) is 1. The molecular formula is C15H24N2S. The normalized spacial score (nSPS) is 19.6. The second-order valence-electron chi connectivity index (χ2n) is 5.15. The molecule has 0 radical (unpaired) electrons. The van der Waals surface area contributed by atoms with Gasteiger partial charge in [-0.15, -0.1) is 11.8 Å². The van der Waals surface area contributed by atoms with E-state index < -0.39 is 0 Å². The molecule has 0 spiro atoms. The van der Waals surface area contributed by atoms with Crippen LogP contribution in [-0.2, 0) is 6.42 Å². The highest BCUT2D eigenvalue weighted by molar-refractivity contribution is 7.98. The molecule has 3 heteroatoms. The standard InChI is InChI=1S/C15H24N2S/c1-17(12-14-4-3-10-16-14)11-9-13-5-7-15(18-2)8-6-13/h5-8,14,16H,3-4,9-12H2,1-2H3. The van der Waals surface area contributed by atoms with Gasteiger partial charge in [-0.1, -0.05) is 12.1 Å². The molecule has 1 saturated heterocycles. The van der Waals surface area contributed by atoms with Crippen LogP contribution in [0.1, 0.15) is 18.4 Å². The third-order valence-electron chi connectivity index (χ3n) is 3.64. The highest BCUT2D eigenvalue weighted by Gasteiger charge is 2.15. The predicted octanol–water partition coefficient (Wildman–Crippen LogP) is 2.63. The van der Waals surface area contributed by atoms with Crippen molar-refractivity contribution in [3.05, 3.63) is 29.8 Å². The summed E-state index contributed by atoms with van der Waals surface area (Å²) < 4.78 is 0. The van der Waals surface area contributed by atoms with E-state index >= 15 is 0 Å². The van der Waals surface area contributed by atoms with Crippen molar-refractivity contribution in [2.24, 2.45) is 0 Å². The summed E-state index contributed by atoms with van der Waals surface area (Å²) >= 11 is 1.80. The van der Waals surface area contributed by atoms with Crippen LogP contribution in [0.15, 0.2) is 29.2 Å². The number of hydrogen-bond acceptors (Lipinski definition) is 3. The SMILES string of the molecule is CSc1ccc(CCN(C)CC2CCCN2)cc1. The lowest BCUT2D eigenvalue weighted by Crippen LogP contribution is -2.36. The molecule has 2 rings (SSSR count). The van der Waals surface area contributed by atoms with Crippen LogP contribution in [0.5, 0.6) is 0 Å². The fourth-order valence-corrected chi connectivity index (χ4v) is 2.90. The summed E-state index contributed by atoms with van der Waals surface area (Å²) in [5.41, 5.74) is 1.44. The molecular weight excluding hydrogens is 240 g/mol. The van der Waals surface area contributed by atoms with E-state index in [1.807, 2.05) is 0 Å². The fourth-order valence-electron chi connectivity index (χ4n) is 2.49. The Hall–Kier alpha value is -0.510. The minimum atomic E-state index is 0.717. The zero-order chi connectivity index (χ0) is 12.8. The molecule has 1 heterocycles. The summed E-state index contributed by atoms with van der Waals surface area (Å²) in [4.78, 5) is 3.80. The summed E-state index contributed by atoms with van der Waals surface area (Å²) in [7, 11) is 2.23. The van der Waals surface area contributed by atoms with Gasteiger partial charge in [-0.05, 0) is 56.8 Å². The predicted molar refractivity (Wildman–Crippen MR) is 80.4 cm³/mol. The van der Waals surface area contributed by atoms with E-state index in [2.05, 4.69) is 47.8 Å². The molecule has 1 aromatic carbocycles. The largest absolute Gasteiger partial charge is 0.313 e. The monoisotopic (exact) mass is 264 g/mol. The van der Waals surface area contributed by atoms with Crippen LogP contribution >= 0.6 is 11.8 Å². The number of nitrogens with zero attached hydrogens (tertiary/aromatic N) is 1. The molecule has 0 saturated carbocycles. The molecule has 1 aliphatic heterocycles. The van der Waals surface area contributed by atoms with Gasteiger partial charge >= 0.3 is 0 Å². The van der Waals surface area contributed by atoms with E-state index in [4.69, 9.17) is 0 Å². The van der Waals surface area contributed by atoms with Crippen LogP contribution in [0.3, 0.4) is 0 Å². The Morgan fingerprint density at radius 3 is 2.72 bits per heavy atom. The van der Waals surface area contributed by atoms with Gasteiger partial charge in [0.25, 0.3) is 0 Å². The fraction of sp³-hybridized carbons (Fsp3) is 0.600. The van der Waals surface area contributed by atoms with Crippen molar-refractivity contribution in [2.75, 3.05) is 32.9 Å². The molecule has 1 aromatic rings. The van der Waals surface area contributed by atoms with Crippen molar-refractivity contribution in [2.45, 2.75) is 30.2 Å². The number of benzene rings is 1. The molecule has 18 heavy (non-hydrogen) atoms. The summed E-state index contributed by atoms with van der Waals surface area (Å²) in [6.07, 6.45) is 5.96. The van der Waals surface area contributed by atoms with Crippen LogP contribution in [0.4, 0.5) is 0 Å². The number of thioether (sulfide) groups is 1. The van der Waals surface area contributed by atoms with Crippen LogP contribution in [0.25, 0.3) is 0 Å². The van der Waals surface area contributed by atoms with Gasteiger partial charge in [0.1, 0.15) is 0 Å². The van der Waals surface area contributed by atoms with Gasteiger partial charge in [0.15, 0.2) is 0 Å². The van der Waals surface area contributed by atoms with Crippen molar-refractivity contribution in [1.29, 1.82) is 0 Å². The van der Waals surface area contributed by atoms with E-state index in [1.54, 1.807) is 11.8 Å². The average Bonchev–Trinajstić information content (AvgIpc) is 2.90. The van der Waals surface area contributed by atoms with Crippen molar-refractivity contribution >= 4 is 11.8 Å². The van der Waals surface area contributed by atoms with Crippen molar-refractivity contribution in [1.82, 2.24) is 10.2 Å². The minimum absolute atomic E-state index is 0.717. The molecule has 0 amide bonds. The maximum absolute atomic E-state index is 3.56. The second kappa shape index (κ2) is 7.17. The summed E-state index contributed by atoms with van der Waals surface area (Å²) in [6, 6.07) is 9.67. The topological polar surface area (TPSA) is 15.3 Å². The van der Waals surface area contributed by atoms with Crippen molar-refractivity contribution < 1.29 is 0 Å². The van der Waals surface area contributed by atoms with Crippen molar-refractivity contribution in [3.8, 4) is 0 Å². The first kappa shape index (κ1) is 13.9. The van der Waals surface area contributed by atoms with E-state index in [-0.39, 0.29) is 0 Å². The zero-order valence-corrected chi connectivity index (χ0v) is 12.3. The Morgan fingerprint density at radius 1 is 1.33 bits per heavy atom. The van der Waals surface area contributed by atoms with E-state index in [1.165, 1.54) is 36.4 Å². The molecule has 100 valence electrons. The van der Waals surface area contributed by atoms with E-state index in [9.17, 15) is 0 Å². The lowest BCUT2D eigenvalue weighted by Gasteiger charge is -2.21. The Morgan fingerprint density at radius 2 is 2.11 bits per heavy atom. The zero-order valence-electron chi connectivity index (χ0n) is 11.5. The number of rotatable bonds is 6. The molecule has 1 N–H and O–H groups in total. The van der Waals surface area contributed by atoms with Crippen LogP contribution in [0, 0.1) is 0 Å². The van der Waals surface area contributed by atoms with Crippen LogP contribution in [0.2, 0.25) is 0 Å². The first-order valence-corrected chi connectivity index (χ1v) is 8.05. The van der Waals surface area contributed by atoms with Crippen LogP contribution in [-0.4, -0.2) is 43.9 Å². The molecule has 1 aliphatic rings. The molecule has 1 atom stereocenters. The first-order valence-electron chi connectivity index (χ1n) is 6.83. The Bertz CT molecular complexity index is 344. The highest BCUT2D eigenvalue weighted by Crippen LogP contribution is 2.15. The maximum atomic E-state index is 3.56. The molecule has 1 fully saturated rings. The Kier molecular flexibility index (Phi) is 5.54. The van der Waals surface area contributed by atoms with Gasteiger partial charge in [0.2, 0.25) is 0 Å². The second-order valence-corrected chi connectivity index (χ2v) is 6.03. The molecule has 2 nitrogen and oxygen atoms in total. The maximum Gasteiger partial charge on any atom is 0.0195 e. The summed E-state index contributed by atoms with van der Waals surface area (Å²) in [6.45, 7) is 3.54. The van der Waals surface area contributed by atoms with Gasteiger partial charge in [-0.3, -0.25) is 0 Å². The van der Waals surface area contributed by atoms with E-state index in [0.29, 0.717) is 6.04 Å². The Balaban J connectivity index is 1.72. The van der Waals surface area contributed by atoms with Gasteiger partial charge in [-0.2, -0.15) is 0 Å². The lowest BCUT2D eigenvalue weighted by molar-refractivity contribution is 0.303. The number of hydrogen-bond donors (Lipinski definition) is 1. The van der Waals surface area contributed by atoms with E-state index in [0.717, 1.165) is 13.0 Å². The molecule has 0 aliphatic carbocycles. The van der Waals surface area contributed by atoms with Gasteiger partial charge < -0.3 is 10.2 Å². The van der Waals surface area contributed by atoms with Gasteiger partial charge in [-0.25, -0.2) is 0 Å². The summed E-state index contributed by atoms with van der Waals surface area (Å²) in [5, 5.41) is 3.56. The molecule has 0 bridgehead atoms. The minimum Gasteiger partial charge on any atom is -0.313 e. The third kappa shape index (κ3) is 4.30. The third-order valence-corrected chi connectivity index (χ3v) is 4.38. The average molecular weight is 264 g/mol. The van der Waals surface area contributed by atoms with Gasteiger partial charge in [0.05, 0.1) is 0 Å². The number of likely N-dealkylation sites (N-methyl/N-ethyl adjacent to an activating group) is 1. The first-order chi connectivity index (χ1) is 8.78. The quantitative estimate of drug-likeness (QED) is 0.795. The van der Waals surface area contributed by atoms with Crippen molar-refractivity contribution in [3.63, 3.8) is 0 Å². The molecule has 0 aromatic heterocycles. The lowest BCUT2D eigenvalue weighted by atomic mass is 10.1. The Labute approximate surface area is 115 Å².